The smallest absolute Gasteiger partial charge is 0.191 e. The van der Waals surface area contributed by atoms with Crippen molar-refractivity contribution in [2.24, 2.45) is 10.9 Å². The molecule has 0 unspecified atom stereocenters. The Morgan fingerprint density at radius 3 is 2.96 bits per heavy atom. The number of nitrogens with one attached hydrogen (secondary N) is 2. The second kappa shape index (κ2) is 9.27. The van der Waals surface area contributed by atoms with Gasteiger partial charge in [0.25, 0.3) is 0 Å². The lowest BCUT2D eigenvalue weighted by Gasteiger charge is -2.13. The molecule has 6 heteroatoms. The molecule has 1 aromatic heterocycles. The Labute approximate surface area is 155 Å². The minimum absolute atomic E-state index is 0.595. The summed E-state index contributed by atoms with van der Waals surface area (Å²) in [6.07, 6.45) is 6.34. The van der Waals surface area contributed by atoms with Crippen LogP contribution in [0.15, 0.2) is 41.7 Å². The van der Waals surface area contributed by atoms with Gasteiger partial charge in [0.15, 0.2) is 5.96 Å². The van der Waals surface area contributed by atoms with Gasteiger partial charge < -0.3 is 15.4 Å². The summed E-state index contributed by atoms with van der Waals surface area (Å²) in [6.45, 7) is 7.98. The number of aryl methyl sites for hydroxylation is 1. The highest BCUT2D eigenvalue weighted by molar-refractivity contribution is 5.79. The molecule has 1 fully saturated rings. The van der Waals surface area contributed by atoms with Crippen LogP contribution in [0.2, 0.25) is 0 Å². The van der Waals surface area contributed by atoms with Gasteiger partial charge in [0.05, 0.1) is 19.7 Å². The molecule has 0 spiro atoms. The molecule has 0 radical (unpaired) electrons. The molecule has 0 amide bonds. The Morgan fingerprint density at radius 2 is 2.23 bits per heavy atom. The Kier molecular flexibility index (Phi) is 6.52. The van der Waals surface area contributed by atoms with Crippen LogP contribution in [0.25, 0.3) is 0 Å². The lowest BCUT2D eigenvalue weighted by Crippen LogP contribution is -2.38. The average molecular weight is 355 g/mol. The number of guanidine groups is 1. The molecule has 0 aliphatic heterocycles. The highest BCUT2D eigenvalue weighted by Crippen LogP contribution is 2.30. The van der Waals surface area contributed by atoms with Crippen molar-refractivity contribution in [3.8, 4) is 5.75 Å². The van der Waals surface area contributed by atoms with E-state index < -0.39 is 0 Å². The molecule has 2 N–H and O–H groups in total. The van der Waals surface area contributed by atoms with Gasteiger partial charge in [-0.15, -0.1) is 0 Å². The van der Waals surface area contributed by atoms with Crippen molar-refractivity contribution < 1.29 is 4.74 Å². The van der Waals surface area contributed by atoms with Gasteiger partial charge in [-0.1, -0.05) is 12.1 Å². The molecule has 26 heavy (non-hydrogen) atoms. The molecule has 6 nitrogen and oxygen atoms in total. The van der Waals surface area contributed by atoms with Crippen LogP contribution in [-0.4, -0.2) is 35.4 Å². The van der Waals surface area contributed by atoms with Gasteiger partial charge in [0.1, 0.15) is 5.75 Å². The summed E-state index contributed by atoms with van der Waals surface area (Å²) < 4.78 is 7.95. The maximum absolute atomic E-state index is 6.04. The van der Waals surface area contributed by atoms with Crippen LogP contribution in [0.4, 0.5) is 0 Å². The quantitative estimate of drug-likeness (QED) is 0.536. The van der Waals surface area contributed by atoms with E-state index >= 15 is 0 Å². The second-order valence-electron chi connectivity index (χ2n) is 6.76. The van der Waals surface area contributed by atoms with Crippen LogP contribution in [-0.2, 0) is 13.1 Å². The third-order valence-corrected chi connectivity index (χ3v) is 4.34. The molecule has 3 rings (SSSR count). The van der Waals surface area contributed by atoms with Gasteiger partial charge in [-0.05, 0) is 50.3 Å². The molecule has 1 aliphatic carbocycles. The molecule has 1 aromatic carbocycles. The predicted octanol–water partition coefficient (Wildman–Crippen LogP) is 2.74. The predicted molar refractivity (Wildman–Crippen MR) is 104 cm³/mol. The average Bonchev–Trinajstić information content (AvgIpc) is 3.33. The monoisotopic (exact) mass is 355 g/mol. The van der Waals surface area contributed by atoms with Crippen molar-refractivity contribution >= 4 is 5.96 Å². The number of hydrogen-bond acceptors (Lipinski definition) is 3. The summed E-state index contributed by atoms with van der Waals surface area (Å²) in [5.74, 6) is 2.52. The van der Waals surface area contributed by atoms with Crippen molar-refractivity contribution in [2.75, 3.05) is 19.7 Å². The lowest BCUT2D eigenvalue weighted by atomic mass is 10.1. The number of aliphatic imine (C=N–C) groups is 1. The molecule has 1 aliphatic rings. The zero-order chi connectivity index (χ0) is 18.2. The van der Waals surface area contributed by atoms with Crippen LogP contribution in [0.5, 0.6) is 5.75 Å². The van der Waals surface area contributed by atoms with Gasteiger partial charge in [-0.2, -0.15) is 5.10 Å². The standard InChI is InChI=1S/C20H29N5O/c1-3-21-20(22-10-12-25-11-4-9-24-25)23-14-18-8-5-16(2)13-19(18)26-15-17-6-7-17/h4-5,8-9,11,13,17H,3,6-7,10,12,14-15H2,1-2H3,(H2,21,22,23). The minimum Gasteiger partial charge on any atom is -0.493 e. The van der Waals surface area contributed by atoms with E-state index in [0.717, 1.165) is 49.4 Å². The SMILES string of the molecule is CCNC(=NCc1ccc(C)cc1OCC1CC1)NCCn1cccn1. The summed E-state index contributed by atoms with van der Waals surface area (Å²) in [4.78, 5) is 4.72. The van der Waals surface area contributed by atoms with Crippen molar-refractivity contribution in [2.45, 2.75) is 39.8 Å². The van der Waals surface area contributed by atoms with Crippen molar-refractivity contribution in [1.29, 1.82) is 0 Å². The van der Waals surface area contributed by atoms with E-state index in [1.807, 2.05) is 16.9 Å². The number of benzene rings is 1. The molecular weight excluding hydrogens is 326 g/mol. The molecule has 1 saturated carbocycles. The van der Waals surface area contributed by atoms with E-state index in [2.05, 4.69) is 47.8 Å². The zero-order valence-corrected chi connectivity index (χ0v) is 15.7. The van der Waals surface area contributed by atoms with Gasteiger partial charge in [-0.3, -0.25) is 4.68 Å². The van der Waals surface area contributed by atoms with Crippen LogP contribution in [0.3, 0.4) is 0 Å². The molecule has 0 saturated heterocycles. The lowest BCUT2D eigenvalue weighted by molar-refractivity contribution is 0.296. The molecule has 0 atom stereocenters. The normalized spacial score (nSPS) is 14.3. The van der Waals surface area contributed by atoms with E-state index in [4.69, 9.17) is 9.73 Å². The minimum atomic E-state index is 0.595. The summed E-state index contributed by atoms with van der Waals surface area (Å²) >= 11 is 0. The maximum Gasteiger partial charge on any atom is 0.191 e. The molecule has 2 aromatic rings. The van der Waals surface area contributed by atoms with Crippen molar-refractivity contribution in [1.82, 2.24) is 20.4 Å². The van der Waals surface area contributed by atoms with E-state index in [9.17, 15) is 0 Å². The largest absolute Gasteiger partial charge is 0.493 e. The Morgan fingerprint density at radius 1 is 1.35 bits per heavy atom. The topological polar surface area (TPSA) is 63.5 Å². The third-order valence-electron chi connectivity index (χ3n) is 4.34. The van der Waals surface area contributed by atoms with Crippen LogP contribution < -0.4 is 15.4 Å². The van der Waals surface area contributed by atoms with E-state index in [1.54, 1.807) is 6.20 Å². The maximum atomic E-state index is 6.04. The van der Waals surface area contributed by atoms with Crippen LogP contribution in [0, 0.1) is 12.8 Å². The summed E-state index contributed by atoms with van der Waals surface area (Å²) in [5.41, 5.74) is 2.34. The zero-order valence-electron chi connectivity index (χ0n) is 15.7. The number of nitrogens with zero attached hydrogens (tertiary/aromatic N) is 3. The van der Waals surface area contributed by atoms with Gasteiger partial charge >= 0.3 is 0 Å². The number of aromatic nitrogens is 2. The first-order chi connectivity index (χ1) is 12.7. The third kappa shape index (κ3) is 5.79. The van der Waals surface area contributed by atoms with Crippen molar-refractivity contribution in [3.63, 3.8) is 0 Å². The first kappa shape index (κ1) is 18.3. The van der Waals surface area contributed by atoms with Gasteiger partial charge in [0, 0.05) is 31.0 Å². The van der Waals surface area contributed by atoms with E-state index in [1.165, 1.54) is 18.4 Å². The first-order valence-corrected chi connectivity index (χ1v) is 9.46. The van der Waals surface area contributed by atoms with E-state index in [0.29, 0.717) is 6.54 Å². The summed E-state index contributed by atoms with van der Waals surface area (Å²) in [6, 6.07) is 8.28. The van der Waals surface area contributed by atoms with Crippen LogP contribution >= 0.6 is 0 Å². The van der Waals surface area contributed by atoms with Gasteiger partial charge in [0.2, 0.25) is 0 Å². The molecule has 1 heterocycles. The Balaban J connectivity index is 1.58. The molecular formula is C20H29N5O. The highest BCUT2D eigenvalue weighted by Gasteiger charge is 2.22. The fourth-order valence-corrected chi connectivity index (χ4v) is 2.65. The Bertz CT molecular complexity index is 707. The number of hydrogen-bond donors (Lipinski definition) is 2. The summed E-state index contributed by atoms with van der Waals surface area (Å²) in [7, 11) is 0. The Hall–Kier alpha value is -2.50. The second-order valence-corrected chi connectivity index (χ2v) is 6.76. The van der Waals surface area contributed by atoms with Crippen molar-refractivity contribution in [3.05, 3.63) is 47.8 Å². The fourth-order valence-electron chi connectivity index (χ4n) is 2.65. The van der Waals surface area contributed by atoms with E-state index in [-0.39, 0.29) is 0 Å². The molecule has 0 bridgehead atoms. The summed E-state index contributed by atoms with van der Waals surface area (Å²) in [5, 5.41) is 10.9. The van der Waals surface area contributed by atoms with Gasteiger partial charge in [-0.25, -0.2) is 4.99 Å². The number of ether oxygens (including phenoxy) is 1. The first-order valence-electron chi connectivity index (χ1n) is 9.46. The fraction of sp³-hybridized carbons (Fsp3) is 0.500. The molecule has 140 valence electrons. The number of rotatable bonds is 9. The highest BCUT2D eigenvalue weighted by atomic mass is 16.5. The van der Waals surface area contributed by atoms with Crippen LogP contribution in [0.1, 0.15) is 30.9 Å².